The summed E-state index contributed by atoms with van der Waals surface area (Å²) in [6.45, 7) is 13.3. The van der Waals surface area contributed by atoms with Crippen molar-refractivity contribution in [3.05, 3.63) is 41.0 Å². The number of benzene rings is 1. The highest BCUT2D eigenvalue weighted by molar-refractivity contribution is 7.91. The van der Waals surface area contributed by atoms with E-state index >= 15 is 0 Å². The molecule has 2 saturated carbocycles. The Hall–Kier alpha value is -4.94. The number of nitrogens with zero attached hydrogens (tertiary/aromatic N) is 2. The van der Waals surface area contributed by atoms with Gasteiger partial charge in [-0.1, -0.05) is 26.8 Å². The average molecular weight is 751 g/mol. The van der Waals surface area contributed by atoms with Gasteiger partial charge in [-0.25, -0.2) is 18.0 Å². The van der Waals surface area contributed by atoms with Crippen molar-refractivity contribution in [2.45, 2.75) is 102 Å². The molecule has 19 heteroatoms. The van der Waals surface area contributed by atoms with Crippen molar-refractivity contribution < 1.29 is 51.5 Å². The molecule has 0 spiro atoms. The minimum absolute atomic E-state index is 0.0444. The Morgan fingerprint density at radius 2 is 1.75 bits per heavy atom. The lowest BCUT2D eigenvalue weighted by Crippen LogP contribution is -2.60. The van der Waals surface area contributed by atoms with E-state index in [1.807, 2.05) is 0 Å². The van der Waals surface area contributed by atoms with Crippen LogP contribution in [0, 0.1) is 21.4 Å². The third kappa shape index (κ3) is 9.29. The number of anilines is 1. The second-order valence-electron chi connectivity index (χ2n) is 15.2. The van der Waals surface area contributed by atoms with E-state index < -0.39 is 96.5 Å². The molecule has 3 fully saturated rings. The van der Waals surface area contributed by atoms with Crippen LogP contribution in [0.2, 0.25) is 0 Å². The fraction of sp³-hybridized carbons (Fsp3) is 0.606. The zero-order valence-electron chi connectivity index (χ0n) is 30.1. The summed E-state index contributed by atoms with van der Waals surface area (Å²) in [4.78, 5) is 79.6. The molecule has 1 unspecified atom stereocenters. The summed E-state index contributed by atoms with van der Waals surface area (Å²) in [5.74, 6) is -2.98. The molecule has 52 heavy (non-hydrogen) atoms. The summed E-state index contributed by atoms with van der Waals surface area (Å²) in [7, 11) is -2.65. The molecule has 3 aliphatic rings. The van der Waals surface area contributed by atoms with Crippen LogP contribution in [0.3, 0.4) is 0 Å². The number of hydrogen-bond acceptors (Lipinski definition) is 12. The predicted molar refractivity (Wildman–Crippen MR) is 186 cm³/mol. The number of sulfonamides is 1. The molecular weight excluding hydrogens is 704 g/mol. The predicted octanol–water partition coefficient (Wildman–Crippen LogP) is 2.73. The number of ether oxygens (including phenoxy) is 3. The lowest BCUT2D eigenvalue weighted by molar-refractivity contribution is -0.384. The minimum atomic E-state index is -3.97. The van der Waals surface area contributed by atoms with Crippen molar-refractivity contribution in [3.8, 4) is 5.75 Å². The molecule has 1 heterocycles. The molecule has 1 aromatic carbocycles. The number of carbonyl (C=O) groups excluding carboxylic acids is 5. The van der Waals surface area contributed by atoms with E-state index in [1.165, 1.54) is 25.3 Å². The Balaban J connectivity index is 1.61. The topological polar surface area (TPSA) is 242 Å². The average Bonchev–Trinajstić information content (AvgIpc) is 3.95. The highest BCUT2D eigenvalue weighted by Gasteiger charge is 2.62. The second-order valence-corrected chi connectivity index (χ2v) is 17.1. The van der Waals surface area contributed by atoms with Gasteiger partial charge >= 0.3 is 12.2 Å². The third-order valence-corrected chi connectivity index (χ3v) is 10.6. The van der Waals surface area contributed by atoms with Crippen LogP contribution in [0.1, 0.15) is 67.2 Å². The normalized spacial score (nSPS) is 23.4. The van der Waals surface area contributed by atoms with Crippen molar-refractivity contribution in [1.29, 1.82) is 0 Å². The molecular formula is C33H46N6O12S. The van der Waals surface area contributed by atoms with Crippen LogP contribution in [0.5, 0.6) is 5.75 Å². The number of alkyl carbamates (subject to hydrolysis) is 1. The number of amides is 5. The molecule has 4 rings (SSSR count). The van der Waals surface area contributed by atoms with Crippen LogP contribution in [0.15, 0.2) is 30.9 Å². The summed E-state index contributed by atoms with van der Waals surface area (Å²) in [5, 5.41) is 18.5. The fourth-order valence-corrected chi connectivity index (χ4v) is 7.18. The smallest absolute Gasteiger partial charge is 0.412 e. The fourth-order valence-electron chi connectivity index (χ4n) is 5.82. The molecule has 2 aliphatic carbocycles. The Labute approximate surface area is 301 Å². The molecule has 1 saturated heterocycles. The Morgan fingerprint density at radius 1 is 1.10 bits per heavy atom. The van der Waals surface area contributed by atoms with E-state index in [1.54, 1.807) is 41.5 Å². The van der Waals surface area contributed by atoms with Crippen LogP contribution >= 0.6 is 0 Å². The summed E-state index contributed by atoms with van der Waals surface area (Å²) >= 11 is 0. The van der Waals surface area contributed by atoms with E-state index in [4.69, 9.17) is 14.2 Å². The first kappa shape index (κ1) is 39.8. The van der Waals surface area contributed by atoms with Gasteiger partial charge < -0.3 is 29.7 Å². The Bertz CT molecular complexity index is 1750. The molecule has 0 aromatic heterocycles. The van der Waals surface area contributed by atoms with Gasteiger partial charge in [-0.3, -0.25) is 34.5 Å². The number of hydrogen-bond donors (Lipinski definition) is 4. The standard InChI is InChI=1S/C33H46N6O12S/c1-9-18-16-33(18,28(42)37-52(47,48)21-11-12-21)36-26(40)24-15-20(50-29(43)34-22-13-10-19(49-8)14-23(22)39(45)46)17-38(24)27(41)25(31(2,3)4)35-30(44)51-32(5,6)7/h9-10,13-14,18,20-21,24-25H,1,11-12,15-17H2,2-8H3,(H,34,43)(H,35,44)(H,36,40)(H,37,42)/t18?,20-,24+,25-,33-/m1/s1. The zero-order chi connectivity index (χ0) is 39.0. The molecule has 1 aliphatic heterocycles. The first-order valence-electron chi connectivity index (χ1n) is 16.6. The zero-order valence-corrected chi connectivity index (χ0v) is 31.0. The first-order valence-corrected chi connectivity index (χ1v) is 18.2. The van der Waals surface area contributed by atoms with Gasteiger partial charge in [-0.2, -0.15) is 0 Å². The lowest BCUT2D eigenvalue weighted by atomic mass is 9.85. The quantitative estimate of drug-likeness (QED) is 0.137. The number of nitro benzene ring substituents is 1. The maximum atomic E-state index is 14.3. The van der Waals surface area contributed by atoms with E-state index in [0.29, 0.717) is 12.8 Å². The van der Waals surface area contributed by atoms with Gasteiger partial charge in [-0.15, -0.1) is 6.58 Å². The maximum Gasteiger partial charge on any atom is 0.412 e. The minimum Gasteiger partial charge on any atom is -0.496 e. The van der Waals surface area contributed by atoms with Crippen LogP contribution in [-0.2, 0) is 33.9 Å². The van der Waals surface area contributed by atoms with Crippen molar-refractivity contribution in [3.63, 3.8) is 0 Å². The van der Waals surface area contributed by atoms with Gasteiger partial charge in [0.15, 0.2) is 0 Å². The Morgan fingerprint density at radius 3 is 2.27 bits per heavy atom. The lowest BCUT2D eigenvalue weighted by Gasteiger charge is -2.36. The van der Waals surface area contributed by atoms with Crippen molar-refractivity contribution in [2.75, 3.05) is 19.0 Å². The number of methoxy groups -OCH3 is 1. The van der Waals surface area contributed by atoms with E-state index in [9.17, 15) is 42.5 Å². The maximum absolute atomic E-state index is 14.3. The monoisotopic (exact) mass is 750 g/mol. The highest BCUT2D eigenvalue weighted by atomic mass is 32.2. The molecule has 286 valence electrons. The van der Waals surface area contributed by atoms with Crippen LogP contribution in [0.4, 0.5) is 21.0 Å². The number of carbonyl (C=O) groups is 5. The number of likely N-dealkylation sites (tertiary alicyclic amines) is 1. The Kier molecular flexibility index (Phi) is 11.2. The molecule has 0 radical (unpaired) electrons. The number of nitro groups is 1. The van der Waals surface area contributed by atoms with E-state index in [0.717, 1.165) is 11.0 Å². The highest BCUT2D eigenvalue weighted by Crippen LogP contribution is 2.45. The number of rotatable bonds is 12. The second kappa shape index (κ2) is 14.6. The van der Waals surface area contributed by atoms with E-state index in [2.05, 4.69) is 27.3 Å². The van der Waals surface area contributed by atoms with Gasteiger partial charge in [-0.05, 0) is 57.6 Å². The third-order valence-electron chi connectivity index (χ3n) is 8.78. The summed E-state index contributed by atoms with van der Waals surface area (Å²) < 4.78 is 43.2. The van der Waals surface area contributed by atoms with Gasteiger partial charge in [0, 0.05) is 12.3 Å². The van der Waals surface area contributed by atoms with E-state index in [-0.39, 0.29) is 30.8 Å². The molecule has 5 atom stereocenters. The molecule has 4 N–H and O–H groups in total. The molecule has 1 aromatic rings. The first-order chi connectivity index (χ1) is 24.0. The number of nitrogens with one attached hydrogen (secondary N) is 4. The van der Waals surface area contributed by atoms with Crippen LogP contribution in [0.25, 0.3) is 0 Å². The van der Waals surface area contributed by atoms with Crippen molar-refractivity contribution >= 4 is 51.3 Å². The van der Waals surface area contributed by atoms with Gasteiger partial charge in [0.2, 0.25) is 21.8 Å². The molecule has 5 amide bonds. The molecule has 18 nitrogen and oxygen atoms in total. The summed E-state index contributed by atoms with van der Waals surface area (Å²) in [6.07, 6.45) is -1.18. The largest absolute Gasteiger partial charge is 0.496 e. The van der Waals surface area contributed by atoms with Gasteiger partial charge in [0.25, 0.3) is 11.6 Å². The summed E-state index contributed by atoms with van der Waals surface area (Å²) in [5.41, 5.74) is -4.18. The van der Waals surface area contributed by atoms with Crippen molar-refractivity contribution in [1.82, 2.24) is 20.3 Å². The van der Waals surface area contributed by atoms with Crippen LogP contribution < -0.4 is 25.4 Å². The van der Waals surface area contributed by atoms with Gasteiger partial charge in [0.1, 0.15) is 40.8 Å². The van der Waals surface area contributed by atoms with Crippen molar-refractivity contribution in [2.24, 2.45) is 11.3 Å². The van der Waals surface area contributed by atoms with Gasteiger partial charge in [0.05, 0.1) is 29.9 Å². The molecule has 0 bridgehead atoms. The summed E-state index contributed by atoms with van der Waals surface area (Å²) in [6, 6.07) is 1.11. The SMILES string of the molecule is C=CC1C[C@]1(NC(=O)[C@@H]1C[C@@H](OC(=O)Nc2ccc(OC)cc2[N+](=O)[O-])CN1C(=O)[C@@H](NC(=O)OC(C)(C)C)C(C)(C)C)C(=O)NS(=O)(=O)C1CC1. The van der Waals surface area contributed by atoms with Crippen LogP contribution in [-0.4, -0.2) is 96.4 Å².